The standard InChI is InChI=1S/C13H17F3N2O/c14-13(15,16)6-1-2-11(18-17)9-3-4-12-10(8-9)5-7-19-12/h3-4,8,11,18H,1-2,5-7,17H2. The molecule has 1 atom stereocenters. The number of benzene rings is 1. The number of ether oxygens (including phenoxy) is 1. The number of rotatable bonds is 5. The average Bonchev–Trinajstić information content (AvgIpc) is 2.80. The summed E-state index contributed by atoms with van der Waals surface area (Å²) < 4.78 is 41.8. The number of halogens is 3. The molecule has 3 nitrogen and oxygen atoms in total. The molecule has 2 rings (SSSR count). The molecular weight excluding hydrogens is 257 g/mol. The molecule has 1 aliphatic heterocycles. The van der Waals surface area contributed by atoms with Crippen LogP contribution in [0.25, 0.3) is 0 Å². The second-order valence-corrected chi connectivity index (χ2v) is 4.69. The van der Waals surface area contributed by atoms with Crippen molar-refractivity contribution in [2.24, 2.45) is 5.84 Å². The van der Waals surface area contributed by atoms with Gasteiger partial charge in [0.25, 0.3) is 0 Å². The minimum absolute atomic E-state index is 0.0615. The van der Waals surface area contributed by atoms with Gasteiger partial charge in [0.2, 0.25) is 0 Å². The maximum atomic E-state index is 12.1. The van der Waals surface area contributed by atoms with Crippen LogP contribution in [-0.2, 0) is 6.42 Å². The van der Waals surface area contributed by atoms with E-state index >= 15 is 0 Å². The van der Waals surface area contributed by atoms with Crippen LogP contribution < -0.4 is 16.0 Å². The summed E-state index contributed by atoms with van der Waals surface area (Å²) in [6.07, 6.45) is -3.63. The molecule has 1 unspecified atom stereocenters. The van der Waals surface area contributed by atoms with Crippen molar-refractivity contribution in [3.63, 3.8) is 0 Å². The van der Waals surface area contributed by atoms with E-state index in [1.54, 1.807) is 0 Å². The smallest absolute Gasteiger partial charge is 0.389 e. The molecule has 0 aromatic heterocycles. The van der Waals surface area contributed by atoms with Gasteiger partial charge in [0.1, 0.15) is 5.75 Å². The molecule has 0 aliphatic carbocycles. The quantitative estimate of drug-likeness (QED) is 0.641. The largest absolute Gasteiger partial charge is 0.493 e. The summed E-state index contributed by atoms with van der Waals surface area (Å²) in [5, 5.41) is 0. The van der Waals surface area contributed by atoms with Gasteiger partial charge in [-0.1, -0.05) is 12.1 Å². The summed E-state index contributed by atoms with van der Waals surface area (Å²) in [4.78, 5) is 0. The first-order chi connectivity index (χ1) is 8.99. The fourth-order valence-electron chi connectivity index (χ4n) is 2.28. The van der Waals surface area contributed by atoms with Gasteiger partial charge in [-0.05, 0) is 30.0 Å². The molecule has 6 heteroatoms. The lowest BCUT2D eigenvalue weighted by molar-refractivity contribution is -0.135. The van der Waals surface area contributed by atoms with Crippen LogP contribution in [0.4, 0.5) is 13.2 Å². The predicted octanol–water partition coefficient (Wildman–Crippen LogP) is 2.86. The zero-order valence-electron chi connectivity index (χ0n) is 10.5. The Kier molecular flexibility index (Phi) is 4.31. The van der Waals surface area contributed by atoms with E-state index in [-0.39, 0.29) is 12.5 Å². The van der Waals surface area contributed by atoms with E-state index in [1.165, 1.54) is 0 Å². The summed E-state index contributed by atoms with van der Waals surface area (Å²) in [7, 11) is 0. The first-order valence-corrected chi connectivity index (χ1v) is 6.28. The zero-order valence-corrected chi connectivity index (χ0v) is 10.5. The lowest BCUT2D eigenvalue weighted by Gasteiger charge is -2.17. The lowest BCUT2D eigenvalue weighted by atomic mass is 9.98. The van der Waals surface area contributed by atoms with E-state index < -0.39 is 12.6 Å². The highest BCUT2D eigenvalue weighted by Gasteiger charge is 2.27. The van der Waals surface area contributed by atoms with Crippen LogP contribution in [0.15, 0.2) is 18.2 Å². The maximum absolute atomic E-state index is 12.1. The van der Waals surface area contributed by atoms with Crippen molar-refractivity contribution in [3.8, 4) is 5.75 Å². The average molecular weight is 274 g/mol. The van der Waals surface area contributed by atoms with Crippen LogP contribution in [-0.4, -0.2) is 12.8 Å². The molecule has 1 aromatic carbocycles. The highest BCUT2D eigenvalue weighted by molar-refractivity contribution is 5.40. The Balaban J connectivity index is 1.97. The Bertz CT molecular complexity index is 434. The number of hydrogen-bond acceptors (Lipinski definition) is 3. The molecular formula is C13H17F3N2O. The van der Waals surface area contributed by atoms with Crippen molar-refractivity contribution in [1.82, 2.24) is 5.43 Å². The summed E-state index contributed by atoms with van der Waals surface area (Å²) in [5.41, 5.74) is 4.59. The molecule has 0 radical (unpaired) electrons. The molecule has 0 bridgehead atoms. The van der Waals surface area contributed by atoms with E-state index in [9.17, 15) is 13.2 Å². The number of fused-ring (bicyclic) bond motifs is 1. The van der Waals surface area contributed by atoms with Crippen molar-refractivity contribution in [1.29, 1.82) is 0 Å². The van der Waals surface area contributed by atoms with Crippen molar-refractivity contribution in [2.45, 2.75) is 37.9 Å². The molecule has 1 aromatic rings. The Morgan fingerprint density at radius 1 is 1.37 bits per heavy atom. The molecule has 0 amide bonds. The third kappa shape index (κ3) is 3.84. The van der Waals surface area contributed by atoms with Gasteiger partial charge in [0, 0.05) is 18.9 Å². The second-order valence-electron chi connectivity index (χ2n) is 4.69. The van der Waals surface area contributed by atoms with Gasteiger partial charge >= 0.3 is 6.18 Å². The molecule has 0 fully saturated rings. The van der Waals surface area contributed by atoms with Gasteiger partial charge < -0.3 is 4.74 Å². The fourth-order valence-corrected chi connectivity index (χ4v) is 2.28. The van der Waals surface area contributed by atoms with Gasteiger partial charge in [0.05, 0.1) is 6.61 Å². The zero-order chi connectivity index (χ0) is 13.9. The summed E-state index contributed by atoms with van der Waals surface area (Å²) in [6.45, 7) is 0.660. The molecule has 0 saturated heterocycles. The highest BCUT2D eigenvalue weighted by atomic mass is 19.4. The number of nitrogens with two attached hydrogens (primary N) is 1. The Morgan fingerprint density at radius 3 is 2.84 bits per heavy atom. The topological polar surface area (TPSA) is 47.3 Å². The number of alkyl halides is 3. The summed E-state index contributed by atoms with van der Waals surface area (Å²) in [5.74, 6) is 6.29. The van der Waals surface area contributed by atoms with E-state index in [1.807, 2.05) is 18.2 Å². The van der Waals surface area contributed by atoms with Crippen molar-refractivity contribution in [2.75, 3.05) is 6.61 Å². The third-order valence-corrected chi connectivity index (χ3v) is 3.27. The highest BCUT2D eigenvalue weighted by Crippen LogP contribution is 2.30. The Hall–Kier alpha value is -1.27. The lowest BCUT2D eigenvalue weighted by Crippen LogP contribution is -2.28. The molecule has 1 heterocycles. The molecule has 1 aliphatic rings. The van der Waals surface area contributed by atoms with Crippen LogP contribution in [0.1, 0.15) is 36.4 Å². The Morgan fingerprint density at radius 2 is 2.16 bits per heavy atom. The van der Waals surface area contributed by atoms with E-state index in [4.69, 9.17) is 10.6 Å². The van der Waals surface area contributed by atoms with E-state index in [0.717, 1.165) is 23.3 Å². The van der Waals surface area contributed by atoms with Crippen LogP contribution in [0.3, 0.4) is 0 Å². The second kappa shape index (κ2) is 5.79. The third-order valence-electron chi connectivity index (χ3n) is 3.27. The van der Waals surface area contributed by atoms with Gasteiger partial charge in [-0.2, -0.15) is 13.2 Å². The number of nitrogens with one attached hydrogen (secondary N) is 1. The van der Waals surface area contributed by atoms with Gasteiger partial charge in [-0.25, -0.2) is 0 Å². The van der Waals surface area contributed by atoms with Crippen LogP contribution >= 0.6 is 0 Å². The van der Waals surface area contributed by atoms with Crippen LogP contribution in [0.5, 0.6) is 5.75 Å². The van der Waals surface area contributed by atoms with Crippen molar-refractivity contribution >= 4 is 0 Å². The summed E-state index contributed by atoms with van der Waals surface area (Å²) in [6, 6.07) is 5.40. The first-order valence-electron chi connectivity index (χ1n) is 6.28. The normalized spacial score (nSPS) is 16.0. The van der Waals surface area contributed by atoms with Crippen LogP contribution in [0, 0.1) is 0 Å². The molecule has 19 heavy (non-hydrogen) atoms. The minimum Gasteiger partial charge on any atom is -0.493 e. The van der Waals surface area contributed by atoms with Gasteiger partial charge in [-0.3, -0.25) is 11.3 Å². The van der Waals surface area contributed by atoms with Crippen molar-refractivity contribution < 1.29 is 17.9 Å². The summed E-state index contributed by atoms with van der Waals surface area (Å²) >= 11 is 0. The van der Waals surface area contributed by atoms with E-state index in [0.29, 0.717) is 13.0 Å². The molecule has 0 saturated carbocycles. The monoisotopic (exact) mass is 274 g/mol. The van der Waals surface area contributed by atoms with Crippen LogP contribution in [0.2, 0.25) is 0 Å². The molecule has 106 valence electrons. The molecule has 3 N–H and O–H groups in total. The molecule has 0 spiro atoms. The first kappa shape index (κ1) is 14.1. The van der Waals surface area contributed by atoms with Gasteiger partial charge in [-0.15, -0.1) is 0 Å². The number of hydrazine groups is 1. The van der Waals surface area contributed by atoms with Crippen molar-refractivity contribution in [3.05, 3.63) is 29.3 Å². The maximum Gasteiger partial charge on any atom is 0.389 e. The minimum atomic E-state index is -4.11. The predicted molar refractivity (Wildman–Crippen MR) is 65.6 cm³/mol. The SMILES string of the molecule is NNC(CCCC(F)(F)F)c1ccc2c(c1)CCO2. The Labute approximate surface area is 109 Å². The number of hydrogen-bond donors (Lipinski definition) is 2. The fraction of sp³-hybridized carbons (Fsp3) is 0.538. The van der Waals surface area contributed by atoms with E-state index in [2.05, 4.69) is 5.43 Å². The van der Waals surface area contributed by atoms with Gasteiger partial charge in [0.15, 0.2) is 0 Å².